The fourth-order valence-corrected chi connectivity index (χ4v) is 0. The number of hydrogen-bond donors (Lipinski definition) is 0. The van der Waals surface area contributed by atoms with Crippen LogP contribution in [0.5, 0.6) is 0 Å². The van der Waals surface area contributed by atoms with Gasteiger partial charge in [-0.05, 0) is 0 Å². The van der Waals surface area contributed by atoms with Gasteiger partial charge in [-0.3, -0.25) is 0 Å². The summed E-state index contributed by atoms with van der Waals surface area (Å²) in [7, 11) is -19.6. The van der Waals surface area contributed by atoms with Crippen LogP contribution >= 0.6 is 0 Å². The molecule has 0 atom stereocenters. The maximum absolute atomic E-state index is 9.08. The largest absolute Gasteiger partial charge is 4.00 e. The quantitative estimate of drug-likeness (QED) is 0.170. The van der Waals surface area contributed by atoms with Gasteiger partial charge < -0.3 is 22.8 Å². The van der Waals surface area contributed by atoms with Crippen LogP contribution < -0.4 is 0 Å². The van der Waals surface area contributed by atoms with Crippen molar-refractivity contribution in [3.63, 3.8) is 0 Å². The van der Waals surface area contributed by atoms with Gasteiger partial charge in [0.2, 0.25) is 0 Å². The summed E-state index contributed by atoms with van der Waals surface area (Å²) in [5.41, 5.74) is 0. The predicted octanol–water partition coefficient (Wildman–Crippen LogP) is -4.58. The van der Waals surface area contributed by atoms with Crippen molar-refractivity contribution in [1.29, 1.82) is 0 Å². The molecule has 0 aromatic heterocycles. The molecule has 0 unspecified atom stereocenters. The van der Waals surface area contributed by atoms with E-state index in [0.717, 1.165) is 0 Å². The van der Waals surface area contributed by atoms with Crippen molar-refractivity contribution in [3.8, 4) is 0 Å². The molecule has 22 heteroatoms. The Bertz CT molecular complexity index is 637. The normalized spacial score (nSPS) is 10.7. The summed E-state index contributed by atoms with van der Waals surface area (Å²) >= 11 is 0. The van der Waals surface area contributed by atoms with E-state index in [-0.39, 0.29) is 46.3 Å². The third-order valence-corrected chi connectivity index (χ3v) is 0. The van der Waals surface area contributed by atoms with Gasteiger partial charge in [-0.2, -0.15) is 0 Å². The molecule has 0 N–H and O–H groups in total. The standard InChI is InChI=1S/5CH4O3S.Ag.Sn/c5*1-5(2,3)4;;/h5*1H3,(H,2,3,4);;/q;;;;;+1;+4/p-5. The Hall–Kier alpha value is 1.09. The Morgan fingerprint density at radius 2 is 0.370 bits per heavy atom. The summed E-state index contributed by atoms with van der Waals surface area (Å²) in [4.78, 5) is 0. The molecule has 0 rings (SSSR count). The summed E-state index contributed by atoms with van der Waals surface area (Å²) in [5, 5.41) is 0. The van der Waals surface area contributed by atoms with Crippen molar-refractivity contribution in [2.75, 3.05) is 31.3 Å². The first-order valence-corrected chi connectivity index (χ1v) is 13.6. The average Bonchev–Trinajstić information content (AvgIpc) is 1.79. The molecule has 0 saturated heterocycles. The average molecular weight is 702 g/mol. The minimum Gasteiger partial charge on any atom is -0.748 e. The summed E-state index contributed by atoms with van der Waals surface area (Å²) in [5.74, 6) is 0. The molecule has 0 radical (unpaired) electrons. The van der Waals surface area contributed by atoms with Crippen LogP contribution in [0.1, 0.15) is 0 Å². The maximum atomic E-state index is 9.08. The van der Waals surface area contributed by atoms with Crippen molar-refractivity contribution in [2.24, 2.45) is 0 Å². The van der Waals surface area contributed by atoms with Crippen molar-refractivity contribution in [1.82, 2.24) is 0 Å². The van der Waals surface area contributed by atoms with Gasteiger partial charge in [0, 0.05) is 31.3 Å². The van der Waals surface area contributed by atoms with Crippen molar-refractivity contribution >= 4 is 74.5 Å². The van der Waals surface area contributed by atoms with E-state index in [1.54, 1.807) is 0 Å². The van der Waals surface area contributed by atoms with Crippen LogP contribution in [0.15, 0.2) is 0 Å². The maximum Gasteiger partial charge on any atom is 4.00 e. The Morgan fingerprint density at radius 3 is 0.370 bits per heavy atom. The van der Waals surface area contributed by atoms with E-state index < -0.39 is 50.6 Å². The van der Waals surface area contributed by atoms with Gasteiger partial charge in [-0.25, -0.2) is 42.1 Å². The molecule has 0 aromatic rings. The molecule has 0 fully saturated rings. The van der Waals surface area contributed by atoms with E-state index >= 15 is 0 Å². The summed E-state index contributed by atoms with van der Waals surface area (Å²) in [6, 6.07) is 0. The van der Waals surface area contributed by atoms with Gasteiger partial charge in [0.15, 0.2) is 0 Å². The fraction of sp³-hybridized carbons (Fsp3) is 1.00. The van der Waals surface area contributed by atoms with Crippen LogP contribution in [-0.2, 0) is 73.0 Å². The van der Waals surface area contributed by atoms with Crippen LogP contribution in [0.3, 0.4) is 0 Å². The van der Waals surface area contributed by atoms with Gasteiger partial charge in [-0.1, -0.05) is 0 Å². The van der Waals surface area contributed by atoms with Crippen LogP contribution in [0, 0.1) is 0 Å². The van der Waals surface area contributed by atoms with Gasteiger partial charge in [-0.15, -0.1) is 0 Å². The Kier molecular flexibility index (Phi) is 32.7. The predicted molar refractivity (Wildman–Crippen MR) is 83.9 cm³/mol. The Labute approximate surface area is 191 Å². The molecule has 0 aliphatic heterocycles. The third kappa shape index (κ3) is 14400. The number of hydrogen-bond acceptors (Lipinski definition) is 15. The summed E-state index contributed by atoms with van der Waals surface area (Å²) < 4.78 is 136. The molecule has 0 bridgehead atoms. The van der Waals surface area contributed by atoms with Crippen molar-refractivity contribution in [2.45, 2.75) is 0 Å². The van der Waals surface area contributed by atoms with E-state index in [4.69, 9.17) is 64.9 Å². The molecular weight excluding hydrogens is 687 g/mol. The van der Waals surface area contributed by atoms with Crippen LogP contribution in [-0.4, -0.2) is 120 Å². The fourth-order valence-electron chi connectivity index (χ4n) is 0. The van der Waals surface area contributed by atoms with Gasteiger partial charge in [0.05, 0.1) is 50.6 Å². The minimum atomic E-state index is -3.92. The molecule has 15 nitrogen and oxygen atoms in total. The minimum absolute atomic E-state index is 0. The zero-order valence-corrected chi connectivity index (χ0v) is 22.4. The number of rotatable bonds is 0. The van der Waals surface area contributed by atoms with E-state index in [0.29, 0.717) is 31.3 Å². The second-order valence-corrected chi connectivity index (χ2v) is 10.6. The molecule has 0 heterocycles. The van der Waals surface area contributed by atoms with Crippen LogP contribution in [0.4, 0.5) is 0 Å². The molecular formula is C5H15AgO15S5Sn. The summed E-state index contributed by atoms with van der Waals surface area (Å²) in [6.07, 6.45) is 3.02. The molecule has 0 aliphatic carbocycles. The van der Waals surface area contributed by atoms with Gasteiger partial charge >= 0.3 is 46.3 Å². The Balaban J connectivity index is -0.0000000364. The monoisotopic (exact) mass is 702 g/mol. The third-order valence-electron chi connectivity index (χ3n) is 0. The van der Waals surface area contributed by atoms with E-state index in [9.17, 15) is 0 Å². The SMILES string of the molecule is CS(=O)(=O)[O-].CS(=O)(=O)[O-].CS(=O)(=O)[O-].CS(=O)(=O)[O-].CS(=O)(=O)[O-].[Ag+].[Sn+4]. The molecule has 27 heavy (non-hydrogen) atoms. The van der Waals surface area contributed by atoms with Crippen LogP contribution in [0.2, 0.25) is 0 Å². The van der Waals surface area contributed by atoms with Gasteiger partial charge in [0.25, 0.3) is 0 Å². The Morgan fingerprint density at radius 1 is 0.370 bits per heavy atom. The molecule has 0 amide bonds. The second-order valence-electron chi connectivity index (χ2n) is 3.52. The summed E-state index contributed by atoms with van der Waals surface area (Å²) in [6.45, 7) is 0. The molecule has 170 valence electrons. The zero-order valence-electron chi connectivity index (χ0n) is 14.0. The molecule has 0 aliphatic rings. The second kappa shape index (κ2) is 19.1. The zero-order chi connectivity index (χ0) is 22.5. The smallest absolute Gasteiger partial charge is 0.748 e. The van der Waals surface area contributed by atoms with Gasteiger partial charge in [0.1, 0.15) is 0 Å². The van der Waals surface area contributed by atoms with E-state index in [1.165, 1.54) is 0 Å². The van der Waals surface area contributed by atoms with E-state index in [1.807, 2.05) is 0 Å². The van der Waals surface area contributed by atoms with Crippen molar-refractivity contribution in [3.05, 3.63) is 0 Å². The molecule has 0 spiro atoms. The molecule has 0 aromatic carbocycles. The topological polar surface area (TPSA) is 286 Å². The van der Waals surface area contributed by atoms with E-state index in [2.05, 4.69) is 0 Å². The first-order chi connectivity index (χ1) is 10.0. The van der Waals surface area contributed by atoms with Crippen LogP contribution in [0.25, 0.3) is 0 Å². The van der Waals surface area contributed by atoms with Crippen molar-refractivity contribution < 1.29 is 87.2 Å². The molecule has 0 saturated carbocycles. The first kappa shape index (κ1) is 46.3. The first-order valence-electron chi connectivity index (χ1n) is 4.54.